The molecule has 1 aliphatic heterocycles. The van der Waals surface area contributed by atoms with Crippen molar-refractivity contribution < 1.29 is 18.9 Å². The SMILES string of the molecule is COc1ccc([C@@H]2C3C4CC[C@@H]2C(=O)C4ON3O[Si](C)(C)C)cc1. The van der Waals surface area contributed by atoms with Gasteiger partial charge in [0.15, 0.2) is 5.78 Å². The molecule has 0 aromatic heterocycles. The van der Waals surface area contributed by atoms with Crippen molar-refractivity contribution in [3.05, 3.63) is 29.8 Å². The maximum atomic E-state index is 12.8. The lowest BCUT2D eigenvalue weighted by Crippen LogP contribution is -2.53. The molecule has 5 atom stereocenters. The van der Waals surface area contributed by atoms with Gasteiger partial charge in [-0.3, -0.25) is 9.63 Å². The maximum absolute atomic E-state index is 12.8. The van der Waals surface area contributed by atoms with Crippen molar-refractivity contribution in [2.75, 3.05) is 7.11 Å². The molecule has 3 aliphatic carbocycles. The predicted molar refractivity (Wildman–Crippen MR) is 91.9 cm³/mol. The summed E-state index contributed by atoms with van der Waals surface area (Å²) < 4.78 is 11.5. The summed E-state index contributed by atoms with van der Waals surface area (Å²) in [5.74, 6) is 1.50. The van der Waals surface area contributed by atoms with Crippen LogP contribution in [0.1, 0.15) is 24.3 Å². The van der Waals surface area contributed by atoms with Crippen LogP contribution in [-0.2, 0) is 14.2 Å². The van der Waals surface area contributed by atoms with Crippen LogP contribution in [0.4, 0.5) is 0 Å². The normalized spacial score (nSPS) is 35.5. The number of carbonyl (C=O) groups excluding carboxylic acids is 1. The van der Waals surface area contributed by atoms with Crippen LogP contribution >= 0.6 is 0 Å². The van der Waals surface area contributed by atoms with E-state index >= 15 is 0 Å². The highest BCUT2D eigenvalue weighted by atomic mass is 28.4. The summed E-state index contributed by atoms with van der Waals surface area (Å²) in [6, 6.07) is 8.24. The van der Waals surface area contributed by atoms with E-state index in [0.29, 0.717) is 0 Å². The van der Waals surface area contributed by atoms with Crippen LogP contribution in [0.3, 0.4) is 0 Å². The molecule has 5 nitrogen and oxygen atoms in total. The molecule has 4 bridgehead atoms. The Hall–Kier alpha value is -1.21. The number of nitrogens with zero attached hydrogens (tertiary/aromatic N) is 1. The van der Waals surface area contributed by atoms with Crippen molar-refractivity contribution in [1.29, 1.82) is 0 Å². The molecule has 130 valence electrons. The number of hydrogen-bond acceptors (Lipinski definition) is 5. The number of carbonyl (C=O) groups is 1. The van der Waals surface area contributed by atoms with Crippen molar-refractivity contribution in [3.8, 4) is 5.75 Å². The van der Waals surface area contributed by atoms with E-state index in [0.717, 1.165) is 18.6 Å². The summed E-state index contributed by atoms with van der Waals surface area (Å²) in [7, 11) is -0.141. The Balaban J connectivity index is 1.70. The molecule has 0 spiro atoms. The molecule has 0 amide bonds. The van der Waals surface area contributed by atoms with E-state index in [1.807, 2.05) is 12.1 Å². The quantitative estimate of drug-likeness (QED) is 0.783. The van der Waals surface area contributed by atoms with Gasteiger partial charge in [0.25, 0.3) is 0 Å². The first-order chi connectivity index (χ1) is 11.4. The average Bonchev–Trinajstić information content (AvgIpc) is 2.86. The van der Waals surface area contributed by atoms with E-state index in [1.54, 1.807) is 12.3 Å². The summed E-state index contributed by atoms with van der Waals surface area (Å²) >= 11 is 0. The van der Waals surface area contributed by atoms with Gasteiger partial charge < -0.3 is 9.26 Å². The molecule has 4 fully saturated rings. The first-order valence-corrected chi connectivity index (χ1v) is 12.1. The van der Waals surface area contributed by atoms with E-state index < -0.39 is 8.32 Å². The fourth-order valence-corrected chi connectivity index (χ4v) is 5.21. The standard InChI is InChI=1S/C18H25NO4Si/c1-21-12-7-5-11(6-8-12)15-13-9-10-14-16(15)19(23-24(2,3)4)22-18(14)17(13)20/h5-8,13-16,18H,9-10H2,1-4H3/t13-,14?,15-,16?,18?/m0/s1. The van der Waals surface area contributed by atoms with E-state index in [4.69, 9.17) is 14.1 Å². The zero-order valence-electron chi connectivity index (χ0n) is 14.7. The minimum Gasteiger partial charge on any atom is -0.497 e. The second-order valence-corrected chi connectivity index (χ2v) is 12.5. The van der Waals surface area contributed by atoms with Gasteiger partial charge in [-0.2, -0.15) is 0 Å². The molecule has 0 radical (unpaired) electrons. The highest BCUT2D eigenvalue weighted by Gasteiger charge is 2.62. The Morgan fingerprint density at radius 2 is 1.88 bits per heavy atom. The van der Waals surface area contributed by atoms with Gasteiger partial charge in [-0.05, 0) is 50.2 Å². The van der Waals surface area contributed by atoms with E-state index in [9.17, 15) is 4.79 Å². The van der Waals surface area contributed by atoms with Gasteiger partial charge >= 0.3 is 0 Å². The van der Waals surface area contributed by atoms with Gasteiger partial charge in [-0.15, -0.1) is 0 Å². The third-order valence-electron chi connectivity index (χ3n) is 5.41. The van der Waals surface area contributed by atoms with Crippen LogP contribution in [0.5, 0.6) is 5.75 Å². The summed E-state index contributed by atoms with van der Waals surface area (Å²) in [5, 5.41) is 1.70. The number of Topliss-reactive ketones (excluding diaryl/α,β-unsaturated/α-hetero) is 1. The summed E-state index contributed by atoms with van der Waals surface area (Å²) in [6.45, 7) is 6.42. The van der Waals surface area contributed by atoms with Crippen LogP contribution in [0, 0.1) is 11.8 Å². The first-order valence-electron chi connectivity index (χ1n) is 8.72. The van der Waals surface area contributed by atoms with Gasteiger partial charge in [0.1, 0.15) is 11.9 Å². The number of fused-ring (bicyclic) bond motifs is 1. The van der Waals surface area contributed by atoms with Crippen molar-refractivity contribution >= 4 is 14.1 Å². The Labute approximate surface area is 143 Å². The molecule has 1 aromatic carbocycles. The first kappa shape index (κ1) is 16.3. The second-order valence-electron chi connectivity index (χ2n) is 8.05. The molecule has 3 unspecified atom stereocenters. The van der Waals surface area contributed by atoms with Crippen LogP contribution in [0.25, 0.3) is 0 Å². The average molecular weight is 347 g/mol. The molecule has 4 aliphatic rings. The van der Waals surface area contributed by atoms with Crippen LogP contribution < -0.4 is 4.74 Å². The van der Waals surface area contributed by atoms with E-state index in [1.165, 1.54) is 5.56 Å². The maximum Gasteiger partial charge on any atom is 0.215 e. The van der Waals surface area contributed by atoms with Crippen molar-refractivity contribution in [2.24, 2.45) is 11.8 Å². The highest BCUT2D eigenvalue weighted by molar-refractivity contribution is 6.69. The minimum atomic E-state index is -1.81. The van der Waals surface area contributed by atoms with Gasteiger partial charge in [0, 0.05) is 17.8 Å². The molecule has 1 heterocycles. The lowest BCUT2D eigenvalue weighted by Gasteiger charge is -2.45. The third-order valence-corrected chi connectivity index (χ3v) is 6.14. The minimum absolute atomic E-state index is 0.0358. The molecule has 24 heavy (non-hydrogen) atoms. The molecule has 1 aromatic rings. The summed E-state index contributed by atoms with van der Waals surface area (Å²) in [5.41, 5.74) is 1.18. The Morgan fingerprint density at radius 3 is 2.50 bits per heavy atom. The second kappa shape index (κ2) is 5.66. The molecule has 3 saturated carbocycles. The number of hydroxylamine groups is 2. The number of benzene rings is 1. The molecular formula is C18H25NO4Si. The fourth-order valence-electron chi connectivity index (χ4n) is 4.51. The Morgan fingerprint density at radius 1 is 1.17 bits per heavy atom. The molecule has 5 rings (SSSR count). The highest BCUT2D eigenvalue weighted by Crippen LogP contribution is 2.55. The Kier molecular flexibility index (Phi) is 3.84. The molecule has 6 heteroatoms. The fraction of sp³-hybridized carbons (Fsp3) is 0.611. The number of methoxy groups -OCH3 is 1. The molecular weight excluding hydrogens is 322 g/mol. The van der Waals surface area contributed by atoms with E-state index in [2.05, 4.69) is 31.8 Å². The zero-order valence-corrected chi connectivity index (χ0v) is 15.7. The Bertz CT molecular complexity index is 641. The summed E-state index contributed by atoms with van der Waals surface area (Å²) in [6.07, 6.45) is 1.70. The molecule has 1 saturated heterocycles. The monoisotopic (exact) mass is 347 g/mol. The van der Waals surface area contributed by atoms with Crippen LogP contribution in [0.15, 0.2) is 24.3 Å². The van der Waals surface area contributed by atoms with Crippen molar-refractivity contribution in [1.82, 2.24) is 5.23 Å². The number of ether oxygens (including phenoxy) is 1. The lowest BCUT2D eigenvalue weighted by atomic mass is 9.59. The van der Waals surface area contributed by atoms with Crippen LogP contribution in [-0.4, -0.2) is 38.6 Å². The zero-order chi connectivity index (χ0) is 17.1. The number of hydrogen-bond donors (Lipinski definition) is 0. The largest absolute Gasteiger partial charge is 0.497 e. The smallest absolute Gasteiger partial charge is 0.215 e. The van der Waals surface area contributed by atoms with Gasteiger partial charge in [0.2, 0.25) is 8.32 Å². The van der Waals surface area contributed by atoms with Gasteiger partial charge in [-0.1, -0.05) is 17.4 Å². The number of ketones is 1. The summed E-state index contributed by atoms with van der Waals surface area (Å²) in [4.78, 5) is 18.8. The van der Waals surface area contributed by atoms with Crippen molar-refractivity contribution in [2.45, 2.75) is 50.5 Å². The third kappa shape index (κ3) is 2.52. The predicted octanol–water partition coefficient (Wildman–Crippen LogP) is 3.14. The number of rotatable bonds is 4. The van der Waals surface area contributed by atoms with Crippen molar-refractivity contribution in [3.63, 3.8) is 0 Å². The van der Waals surface area contributed by atoms with E-state index in [-0.39, 0.29) is 35.7 Å². The molecule has 0 N–H and O–H groups in total. The van der Waals surface area contributed by atoms with Crippen LogP contribution in [0.2, 0.25) is 19.6 Å². The van der Waals surface area contributed by atoms with Gasteiger partial charge in [0.05, 0.1) is 13.2 Å². The topological polar surface area (TPSA) is 48.0 Å². The van der Waals surface area contributed by atoms with Gasteiger partial charge in [-0.25, -0.2) is 0 Å². The lowest BCUT2D eigenvalue weighted by molar-refractivity contribution is -0.320.